The standard InChI is InChI=1S/C46H29B2N3S/c47-36-27-29-17-7-8-20-31(29)40-41-33-22-10-9-21-32(33)39-35-24-12-14-26-38(35)52-45(39)44(41)51(48(42(36)40)30-18-5-2-6-19-30)46-49-37-25-13-11-23-34(37)43(50-46)28-15-3-1-4-16-28/h1-27H,47H2. The Morgan fingerprint density at radius 1 is 0.558 bits per heavy atom. The topological polar surface area (TPSA) is 29.0 Å². The molecule has 0 spiro atoms. The van der Waals surface area contributed by atoms with E-state index >= 15 is 0 Å². The van der Waals surface area contributed by atoms with E-state index in [4.69, 9.17) is 9.97 Å². The lowest BCUT2D eigenvalue weighted by molar-refractivity contribution is 1.16. The predicted octanol–water partition coefficient (Wildman–Crippen LogP) is 9.15. The maximum absolute atomic E-state index is 5.59. The van der Waals surface area contributed by atoms with Crippen molar-refractivity contribution in [3.8, 4) is 22.4 Å². The summed E-state index contributed by atoms with van der Waals surface area (Å²) >= 11 is 1.88. The van der Waals surface area contributed by atoms with Crippen LogP contribution in [0.2, 0.25) is 0 Å². The maximum atomic E-state index is 5.59. The molecule has 0 aliphatic carbocycles. The average Bonchev–Trinajstić information content (AvgIpc) is 3.60. The van der Waals surface area contributed by atoms with Gasteiger partial charge in [-0.2, -0.15) is 0 Å². The van der Waals surface area contributed by atoms with Crippen molar-refractivity contribution >= 4 is 107 Å². The molecule has 0 saturated carbocycles. The molecule has 0 amide bonds. The number of fused-ring (bicyclic) bond motifs is 13. The van der Waals surface area contributed by atoms with Gasteiger partial charge >= 0.3 is 6.85 Å². The fourth-order valence-corrected chi connectivity index (χ4v) is 9.93. The highest BCUT2D eigenvalue weighted by molar-refractivity contribution is 7.26. The van der Waals surface area contributed by atoms with Crippen molar-refractivity contribution in [3.05, 3.63) is 164 Å². The quantitative estimate of drug-likeness (QED) is 0.175. The number of rotatable bonds is 3. The number of benzene rings is 8. The average molecular weight is 677 g/mol. The smallest absolute Gasteiger partial charge is 0.331 e. The summed E-state index contributed by atoms with van der Waals surface area (Å²) in [5, 5.41) is 8.63. The summed E-state index contributed by atoms with van der Waals surface area (Å²) < 4.78 is 2.53. The van der Waals surface area contributed by atoms with Crippen LogP contribution in [0.3, 0.4) is 0 Å². The van der Waals surface area contributed by atoms with E-state index in [1.54, 1.807) is 0 Å². The fraction of sp³-hybridized carbons (Fsp3) is 0. The molecule has 1 aliphatic heterocycles. The van der Waals surface area contributed by atoms with Crippen molar-refractivity contribution in [3.63, 3.8) is 0 Å². The summed E-state index contributed by atoms with van der Waals surface area (Å²) in [6.45, 7) is -0.187. The van der Waals surface area contributed by atoms with Gasteiger partial charge in [-0.1, -0.05) is 163 Å². The largest absolute Gasteiger partial charge is 0.344 e. The Morgan fingerprint density at radius 3 is 2.00 bits per heavy atom. The van der Waals surface area contributed by atoms with Crippen LogP contribution in [0.5, 0.6) is 0 Å². The first-order valence-electron chi connectivity index (χ1n) is 17.8. The van der Waals surface area contributed by atoms with Crippen molar-refractivity contribution in [2.45, 2.75) is 0 Å². The molecule has 240 valence electrons. The van der Waals surface area contributed by atoms with E-state index in [1.807, 2.05) is 11.3 Å². The van der Waals surface area contributed by atoms with Crippen LogP contribution in [-0.2, 0) is 0 Å². The van der Waals surface area contributed by atoms with Crippen molar-refractivity contribution < 1.29 is 0 Å². The number of thiophene rings is 1. The zero-order valence-electron chi connectivity index (χ0n) is 28.4. The van der Waals surface area contributed by atoms with Gasteiger partial charge < -0.3 is 4.81 Å². The van der Waals surface area contributed by atoms with Gasteiger partial charge in [0.1, 0.15) is 7.85 Å². The number of hydrogen-bond acceptors (Lipinski definition) is 4. The van der Waals surface area contributed by atoms with Gasteiger partial charge in [-0.25, -0.2) is 9.97 Å². The molecule has 1 aliphatic rings. The Morgan fingerprint density at radius 2 is 1.19 bits per heavy atom. The van der Waals surface area contributed by atoms with Gasteiger partial charge in [0.15, 0.2) is 0 Å². The van der Waals surface area contributed by atoms with Crippen molar-refractivity contribution in [1.82, 2.24) is 9.97 Å². The SMILES string of the molecule is Bc1cc2ccccc2c2c1B(c1ccccc1)N(c1nc(-c3ccccc3)c3ccccc3n1)c1c-2c2ccccc2c2c1sc1ccccc12. The molecule has 6 heteroatoms. The molecule has 0 radical (unpaired) electrons. The number of aromatic nitrogens is 2. The van der Waals surface area contributed by atoms with E-state index in [9.17, 15) is 0 Å². The van der Waals surface area contributed by atoms with Crippen LogP contribution in [0.1, 0.15) is 0 Å². The van der Waals surface area contributed by atoms with E-state index in [-0.39, 0.29) is 6.85 Å². The number of nitrogens with zero attached hydrogens (tertiary/aromatic N) is 3. The third kappa shape index (κ3) is 4.22. The second-order valence-electron chi connectivity index (χ2n) is 13.7. The van der Waals surface area contributed by atoms with Gasteiger partial charge in [0.25, 0.3) is 0 Å². The summed E-state index contributed by atoms with van der Waals surface area (Å²) in [6.07, 6.45) is 0. The van der Waals surface area contributed by atoms with Gasteiger partial charge in [0, 0.05) is 32.0 Å². The molecule has 11 rings (SSSR count). The Balaban J connectivity index is 1.39. The molecule has 2 aromatic heterocycles. The minimum Gasteiger partial charge on any atom is -0.344 e. The Hall–Kier alpha value is -6.23. The normalized spacial score (nSPS) is 12.6. The second-order valence-corrected chi connectivity index (χ2v) is 14.8. The van der Waals surface area contributed by atoms with Crippen LogP contribution in [0.25, 0.3) is 75.0 Å². The van der Waals surface area contributed by atoms with Gasteiger partial charge in [-0.15, -0.1) is 11.3 Å². The Kier molecular flexibility index (Phi) is 6.46. The highest BCUT2D eigenvalue weighted by Crippen LogP contribution is 2.53. The van der Waals surface area contributed by atoms with Crippen molar-refractivity contribution in [2.75, 3.05) is 4.81 Å². The zero-order chi connectivity index (χ0) is 34.3. The lowest BCUT2D eigenvalue weighted by Crippen LogP contribution is -2.62. The predicted molar refractivity (Wildman–Crippen MR) is 227 cm³/mol. The van der Waals surface area contributed by atoms with Crippen LogP contribution in [-0.4, -0.2) is 24.7 Å². The summed E-state index contributed by atoms with van der Waals surface area (Å²) in [7, 11) is 2.28. The highest BCUT2D eigenvalue weighted by Gasteiger charge is 2.43. The molecule has 3 nitrogen and oxygen atoms in total. The Labute approximate surface area is 306 Å². The second kappa shape index (κ2) is 11.4. The van der Waals surface area contributed by atoms with E-state index in [0.29, 0.717) is 5.95 Å². The minimum absolute atomic E-state index is 0.187. The fourth-order valence-electron chi connectivity index (χ4n) is 8.66. The van der Waals surface area contributed by atoms with Crippen LogP contribution in [0, 0.1) is 0 Å². The molecular formula is C46H29B2N3S. The van der Waals surface area contributed by atoms with Crippen LogP contribution in [0.4, 0.5) is 11.6 Å². The number of para-hydroxylation sites is 1. The molecule has 0 fully saturated rings. The van der Waals surface area contributed by atoms with Crippen molar-refractivity contribution in [1.29, 1.82) is 0 Å². The molecule has 0 atom stereocenters. The van der Waals surface area contributed by atoms with E-state index in [1.165, 1.54) is 74.9 Å². The summed E-state index contributed by atoms with van der Waals surface area (Å²) in [4.78, 5) is 13.6. The third-order valence-electron chi connectivity index (χ3n) is 10.8. The molecule has 0 saturated heterocycles. The summed E-state index contributed by atoms with van der Waals surface area (Å²) in [5.74, 6) is 0.694. The van der Waals surface area contributed by atoms with Gasteiger partial charge in [-0.3, -0.25) is 0 Å². The van der Waals surface area contributed by atoms with Gasteiger partial charge in [0.2, 0.25) is 5.95 Å². The molecule has 52 heavy (non-hydrogen) atoms. The Bertz CT molecular complexity index is 3050. The molecule has 0 unspecified atom stereocenters. The number of hydrogen-bond donors (Lipinski definition) is 0. The third-order valence-corrected chi connectivity index (χ3v) is 12.0. The van der Waals surface area contributed by atoms with Gasteiger partial charge in [0.05, 0.1) is 21.6 Å². The molecule has 0 N–H and O–H groups in total. The first-order valence-corrected chi connectivity index (χ1v) is 18.6. The lowest BCUT2D eigenvalue weighted by atomic mass is 9.43. The van der Waals surface area contributed by atoms with Crippen LogP contribution < -0.4 is 21.2 Å². The van der Waals surface area contributed by atoms with Gasteiger partial charge in [-0.05, 0) is 44.7 Å². The first kappa shape index (κ1) is 29.5. The molecule has 8 aromatic carbocycles. The van der Waals surface area contributed by atoms with Crippen molar-refractivity contribution in [2.24, 2.45) is 0 Å². The molecular weight excluding hydrogens is 648 g/mol. The first-order chi connectivity index (χ1) is 25.7. The lowest BCUT2D eigenvalue weighted by Gasteiger charge is -2.40. The number of anilines is 2. The maximum Gasteiger partial charge on any atom is 0.331 e. The monoisotopic (exact) mass is 677 g/mol. The van der Waals surface area contributed by atoms with E-state index < -0.39 is 0 Å². The van der Waals surface area contributed by atoms with Crippen LogP contribution in [0.15, 0.2) is 164 Å². The highest BCUT2D eigenvalue weighted by atomic mass is 32.1. The molecule has 0 bridgehead atoms. The van der Waals surface area contributed by atoms with E-state index in [2.05, 4.69) is 176 Å². The van der Waals surface area contributed by atoms with Crippen LogP contribution >= 0.6 is 11.3 Å². The summed E-state index contributed by atoms with van der Waals surface area (Å²) in [6, 6.07) is 59.0. The minimum atomic E-state index is -0.187. The molecule has 10 aromatic rings. The molecule has 3 heterocycles. The van der Waals surface area contributed by atoms with E-state index in [0.717, 1.165) is 22.2 Å². The summed E-state index contributed by atoms with van der Waals surface area (Å²) in [5.41, 5.74) is 10.4. The zero-order valence-corrected chi connectivity index (χ0v) is 29.2.